The van der Waals surface area contributed by atoms with E-state index in [4.69, 9.17) is 0 Å². The standard InChI is InChI=1S/C13H18N2O4/c1-5-9(4)11-6-10(14(16)17)7-12(15(18)19)13(11)8(2)3/h6-9H,5H2,1-4H3. The third-order valence-electron chi connectivity index (χ3n) is 3.30. The highest BCUT2D eigenvalue weighted by Gasteiger charge is 2.27. The Hall–Kier alpha value is -1.98. The molecule has 0 saturated carbocycles. The Morgan fingerprint density at radius 1 is 1.11 bits per heavy atom. The average molecular weight is 266 g/mol. The van der Waals surface area contributed by atoms with Gasteiger partial charge in [0.2, 0.25) is 0 Å². The predicted octanol–water partition coefficient (Wildman–Crippen LogP) is 4.14. The molecule has 6 heteroatoms. The van der Waals surface area contributed by atoms with Gasteiger partial charge in [-0.05, 0) is 23.8 Å². The molecule has 0 bridgehead atoms. The average Bonchev–Trinajstić information content (AvgIpc) is 2.35. The maximum Gasteiger partial charge on any atom is 0.280 e. The van der Waals surface area contributed by atoms with Crippen molar-refractivity contribution in [1.82, 2.24) is 0 Å². The zero-order valence-electron chi connectivity index (χ0n) is 11.5. The molecule has 0 aliphatic heterocycles. The van der Waals surface area contributed by atoms with Crippen LogP contribution in [0.4, 0.5) is 11.4 Å². The molecule has 0 radical (unpaired) electrons. The van der Waals surface area contributed by atoms with E-state index < -0.39 is 9.85 Å². The van der Waals surface area contributed by atoms with Gasteiger partial charge in [0.1, 0.15) is 0 Å². The van der Waals surface area contributed by atoms with Crippen molar-refractivity contribution in [2.45, 2.75) is 46.0 Å². The van der Waals surface area contributed by atoms with Crippen LogP contribution in [0.1, 0.15) is 57.1 Å². The lowest BCUT2D eigenvalue weighted by atomic mass is 9.87. The van der Waals surface area contributed by atoms with Crippen LogP contribution in [0, 0.1) is 20.2 Å². The van der Waals surface area contributed by atoms with Crippen LogP contribution in [0.3, 0.4) is 0 Å². The summed E-state index contributed by atoms with van der Waals surface area (Å²) in [5.74, 6) is 0.00111. The zero-order valence-corrected chi connectivity index (χ0v) is 11.5. The van der Waals surface area contributed by atoms with E-state index in [0.717, 1.165) is 12.5 Å². The molecular formula is C13H18N2O4. The van der Waals surface area contributed by atoms with E-state index in [0.29, 0.717) is 11.1 Å². The van der Waals surface area contributed by atoms with Crippen molar-refractivity contribution >= 4 is 11.4 Å². The summed E-state index contributed by atoms with van der Waals surface area (Å²) in [4.78, 5) is 20.9. The van der Waals surface area contributed by atoms with Gasteiger partial charge >= 0.3 is 0 Å². The second-order valence-electron chi connectivity index (χ2n) is 4.95. The molecule has 0 saturated heterocycles. The number of nitrogens with zero attached hydrogens (tertiary/aromatic N) is 2. The minimum Gasteiger partial charge on any atom is -0.258 e. The molecule has 0 aliphatic rings. The monoisotopic (exact) mass is 266 g/mol. The van der Waals surface area contributed by atoms with Gasteiger partial charge in [-0.3, -0.25) is 20.2 Å². The minimum atomic E-state index is -0.580. The Balaban J connectivity index is 3.65. The third-order valence-corrected chi connectivity index (χ3v) is 3.30. The van der Waals surface area contributed by atoms with E-state index in [-0.39, 0.29) is 23.2 Å². The number of benzene rings is 1. The van der Waals surface area contributed by atoms with E-state index in [1.165, 1.54) is 6.07 Å². The number of hydrogen-bond donors (Lipinski definition) is 0. The minimum absolute atomic E-state index is 0.0507. The van der Waals surface area contributed by atoms with Gasteiger partial charge in [-0.2, -0.15) is 0 Å². The van der Waals surface area contributed by atoms with Crippen molar-refractivity contribution in [2.75, 3.05) is 0 Å². The van der Waals surface area contributed by atoms with Crippen molar-refractivity contribution in [2.24, 2.45) is 0 Å². The maximum atomic E-state index is 11.1. The zero-order chi connectivity index (χ0) is 14.7. The highest BCUT2D eigenvalue weighted by Crippen LogP contribution is 2.38. The molecule has 1 rings (SSSR count). The second-order valence-corrected chi connectivity index (χ2v) is 4.95. The number of nitro benzene ring substituents is 2. The van der Waals surface area contributed by atoms with Crippen molar-refractivity contribution in [1.29, 1.82) is 0 Å². The number of nitro groups is 2. The predicted molar refractivity (Wildman–Crippen MR) is 72.5 cm³/mol. The van der Waals surface area contributed by atoms with Gasteiger partial charge < -0.3 is 0 Å². The molecule has 0 aliphatic carbocycles. The lowest BCUT2D eigenvalue weighted by molar-refractivity contribution is -0.394. The van der Waals surface area contributed by atoms with Gasteiger partial charge in [-0.25, -0.2) is 0 Å². The fourth-order valence-corrected chi connectivity index (χ4v) is 2.16. The first kappa shape index (κ1) is 15.1. The molecule has 104 valence electrons. The van der Waals surface area contributed by atoms with Crippen LogP contribution in [0.25, 0.3) is 0 Å². The van der Waals surface area contributed by atoms with Gasteiger partial charge in [0.25, 0.3) is 11.4 Å². The topological polar surface area (TPSA) is 86.3 Å². The normalized spacial score (nSPS) is 12.5. The van der Waals surface area contributed by atoms with Crippen LogP contribution in [-0.4, -0.2) is 9.85 Å². The summed E-state index contributed by atoms with van der Waals surface area (Å²) in [6, 6.07) is 2.53. The van der Waals surface area contributed by atoms with Crippen LogP contribution in [0.2, 0.25) is 0 Å². The van der Waals surface area contributed by atoms with Crippen LogP contribution < -0.4 is 0 Å². The molecule has 0 fully saturated rings. The summed E-state index contributed by atoms with van der Waals surface area (Å²) in [6.07, 6.45) is 0.776. The Morgan fingerprint density at radius 3 is 2.05 bits per heavy atom. The van der Waals surface area contributed by atoms with Crippen LogP contribution in [0.15, 0.2) is 12.1 Å². The molecule has 0 heterocycles. The molecule has 1 unspecified atom stereocenters. The Labute approximate surface area is 111 Å². The highest BCUT2D eigenvalue weighted by atomic mass is 16.6. The van der Waals surface area contributed by atoms with E-state index in [9.17, 15) is 20.2 Å². The van der Waals surface area contributed by atoms with Crippen molar-refractivity contribution in [3.8, 4) is 0 Å². The van der Waals surface area contributed by atoms with Gasteiger partial charge in [0.05, 0.1) is 15.9 Å². The Bertz CT molecular complexity index is 512. The lowest BCUT2D eigenvalue weighted by Gasteiger charge is -2.17. The molecule has 0 N–H and O–H groups in total. The van der Waals surface area contributed by atoms with E-state index in [2.05, 4.69) is 0 Å². The molecule has 0 amide bonds. The van der Waals surface area contributed by atoms with Crippen molar-refractivity contribution in [3.63, 3.8) is 0 Å². The van der Waals surface area contributed by atoms with Gasteiger partial charge in [0, 0.05) is 11.6 Å². The van der Waals surface area contributed by atoms with E-state index >= 15 is 0 Å². The van der Waals surface area contributed by atoms with E-state index in [1.54, 1.807) is 0 Å². The smallest absolute Gasteiger partial charge is 0.258 e. The maximum absolute atomic E-state index is 11.1. The number of rotatable bonds is 5. The molecule has 6 nitrogen and oxygen atoms in total. The largest absolute Gasteiger partial charge is 0.280 e. The third kappa shape index (κ3) is 3.07. The van der Waals surface area contributed by atoms with Crippen LogP contribution in [0.5, 0.6) is 0 Å². The molecular weight excluding hydrogens is 248 g/mol. The lowest BCUT2D eigenvalue weighted by Crippen LogP contribution is -2.06. The summed E-state index contributed by atoms with van der Waals surface area (Å²) < 4.78 is 0. The molecule has 1 aromatic rings. The van der Waals surface area contributed by atoms with Crippen molar-refractivity contribution in [3.05, 3.63) is 43.5 Å². The van der Waals surface area contributed by atoms with Crippen LogP contribution >= 0.6 is 0 Å². The van der Waals surface area contributed by atoms with E-state index in [1.807, 2.05) is 27.7 Å². The second kappa shape index (κ2) is 5.77. The SMILES string of the molecule is CCC(C)c1cc([N+](=O)[O-])cc([N+](=O)[O-])c1C(C)C. The Morgan fingerprint density at radius 2 is 1.68 bits per heavy atom. The Kier molecular flexibility index (Phi) is 4.58. The molecule has 1 atom stereocenters. The quantitative estimate of drug-likeness (QED) is 0.592. The molecule has 0 spiro atoms. The summed E-state index contributed by atoms with van der Waals surface area (Å²) in [7, 11) is 0. The summed E-state index contributed by atoms with van der Waals surface area (Å²) in [6.45, 7) is 7.61. The van der Waals surface area contributed by atoms with Gasteiger partial charge in [-0.1, -0.05) is 27.7 Å². The molecule has 1 aromatic carbocycles. The molecule has 19 heavy (non-hydrogen) atoms. The van der Waals surface area contributed by atoms with Crippen molar-refractivity contribution < 1.29 is 9.85 Å². The highest BCUT2D eigenvalue weighted by molar-refractivity contribution is 5.56. The summed E-state index contributed by atoms with van der Waals surface area (Å²) in [5.41, 5.74) is 0.939. The summed E-state index contributed by atoms with van der Waals surface area (Å²) >= 11 is 0. The first-order valence-corrected chi connectivity index (χ1v) is 6.26. The van der Waals surface area contributed by atoms with Crippen LogP contribution in [-0.2, 0) is 0 Å². The number of non-ortho nitro benzene ring substituents is 1. The van der Waals surface area contributed by atoms with Gasteiger partial charge in [-0.15, -0.1) is 0 Å². The molecule has 0 aromatic heterocycles. The fourth-order valence-electron chi connectivity index (χ4n) is 2.16. The van der Waals surface area contributed by atoms with Gasteiger partial charge in [0.15, 0.2) is 0 Å². The fraction of sp³-hybridized carbons (Fsp3) is 0.538. The number of hydrogen-bond acceptors (Lipinski definition) is 4. The first-order valence-electron chi connectivity index (χ1n) is 6.26. The summed E-state index contributed by atoms with van der Waals surface area (Å²) in [5, 5.41) is 22.1. The first-order chi connectivity index (χ1) is 8.79.